The molecule has 0 spiro atoms. The molecule has 10 nitrogen and oxygen atoms in total. The highest BCUT2D eigenvalue weighted by Gasteiger charge is 2.34. The minimum Gasteiger partial charge on any atom is -0.444 e. The molecular formula is C22H34ClN5O5Si. The fraction of sp³-hybridized carbons (Fsp3) is 0.636. The summed E-state index contributed by atoms with van der Waals surface area (Å²) < 4.78 is 12.8. The molecule has 2 aromatic rings. The molecule has 1 aliphatic rings. The van der Waals surface area contributed by atoms with Crippen LogP contribution in [0.3, 0.4) is 0 Å². The molecule has 34 heavy (non-hydrogen) atoms. The van der Waals surface area contributed by atoms with Crippen LogP contribution in [0.5, 0.6) is 0 Å². The summed E-state index contributed by atoms with van der Waals surface area (Å²) in [5.41, 5.74) is 0.205. The SMILES string of the molecule is CC(C)(C)OC(=O)NC1CC(Nc2c([N+](=O)[O-])cnc3c2cc(Cl)n3COCC[Si](C)(C)C)C1. The zero-order valence-corrected chi connectivity index (χ0v) is 22.4. The van der Waals surface area contributed by atoms with Crippen LogP contribution in [0, 0.1) is 10.1 Å². The van der Waals surface area contributed by atoms with E-state index < -0.39 is 24.7 Å². The maximum Gasteiger partial charge on any atom is 0.407 e. The van der Waals surface area contributed by atoms with Crippen molar-refractivity contribution >= 4 is 48.2 Å². The lowest BCUT2D eigenvalue weighted by molar-refractivity contribution is -0.384. The van der Waals surface area contributed by atoms with Crippen LogP contribution in [0.4, 0.5) is 16.2 Å². The van der Waals surface area contributed by atoms with E-state index in [0.29, 0.717) is 41.3 Å². The molecule has 3 rings (SSSR count). The van der Waals surface area contributed by atoms with E-state index in [0.717, 1.165) is 6.04 Å². The fourth-order valence-electron chi connectivity index (χ4n) is 3.64. The van der Waals surface area contributed by atoms with E-state index in [1.54, 1.807) is 31.4 Å². The van der Waals surface area contributed by atoms with Crippen molar-refractivity contribution in [2.24, 2.45) is 0 Å². The smallest absolute Gasteiger partial charge is 0.407 e. The molecule has 1 aliphatic carbocycles. The van der Waals surface area contributed by atoms with Gasteiger partial charge < -0.3 is 20.1 Å². The first-order valence-electron chi connectivity index (χ1n) is 11.4. The summed E-state index contributed by atoms with van der Waals surface area (Å²) in [7, 11) is -1.22. The van der Waals surface area contributed by atoms with Gasteiger partial charge in [0.15, 0.2) is 0 Å². The number of hydrogen-bond donors (Lipinski definition) is 2. The number of nitro groups is 1. The average molecular weight is 512 g/mol. The molecule has 1 fully saturated rings. The van der Waals surface area contributed by atoms with Crippen LogP contribution >= 0.6 is 11.6 Å². The second-order valence-corrected chi connectivity index (χ2v) is 16.9. The van der Waals surface area contributed by atoms with Gasteiger partial charge in [-0.1, -0.05) is 31.2 Å². The van der Waals surface area contributed by atoms with Crippen LogP contribution in [-0.2, 0) is 16.2 Å². The Morgan fingerprint density at radius 2 is 2.00 bits per heavy atom. The first kappa shape index (κ1) is 26.2. The molecule has 0 aromatic carbocycles. The summed E-state index contributed by atoms with van der Waals surface area (Å²) in [5, 5.41) is 18.7. The maximum atomic E-state index is 12.0. The lowest BCUT2D eigenvalue weighted by Gasteiger charge is -2.37. The van der Waals surface area contributed by atoms with E-state index in [2.05, 4.69) is 35.3 Å². The van der Waals surface area contributed by atoms with Gasteiger partial charge in [0.05, 0.1) is 10.3 Å². The highest BCUT2D eigenvalue weighted by Crippen LogP contribution is 2.37. The highest BCUT2D eigenvalue weighted by molar-refractivity contribution is 6.76. The Morgan fingerprint density at radius 3 is 2.59 bits per heavy atom. The molecule has 0 atom stereocenters. The summed E-state index contributed by atoms with van der Waals surface area (Å²) in [6.07, 6.45) is 2.02. The number of hydrogen-bond acceptors (Lipinski definition) is 7. The Kier molecular flexibility index (Phi) is 7.78. The molecular weight excluding hydrogens is 478 g/mol. The van der Waals surface area contributed by atoms with Gasteiger partial charge in [-0.15, -0.1) is 0 Å². The lowest BCUT2D eigenvalue weighted by atomic mass is 9.86. The van der Waals surface area contributed by atoms with Crippen LogP contribution in [0.25, 0.3) is 11.0 Å². The quantitative estimate of drug-likeness (QED) is 0.201. The Hall–Kier alpha value is -2.37. The summed E-state index contributed by atoms with van der Waals surface area (Å²) in [6.45, 7) is 13.1. The molecule has 1 saturated carbocycles. The number of carbonyl (C=O) groups excluding carboxylic acids is 1. The summed E-state index contributed by atoms with van der Waals surface area (Å²) >= 11 is 6.45. The minimum absolute atomic E-state index is 0.0423. The van der Waals surface area contributed by atoms with Crippen LogP contribution in [-0.4, -0.2) is 52.9 Å². The minimum atomic E-state index is -1.22. The zero-order chi connectivity index (χ0) is 25.3. The molecule has 2 aromatic heterocycles. The number of fused-ring (bicyclic) bond motifs is 1. The fourth-order valence-corrected chi connectivity index (χ4v) is 4.63. The molecule has 2 heterocycles. The number of halogens is 1. The summed E-state index contributed by atoms with van der Waals surface area (Å²) in [5.74, 6) is 0. The predicted molar refractivity (Wildman–Crippen MR) is 135 cm³/mol. The van der Waals surface area contributed by atoms with Gasteiger partial charge in [0.1, 0.15) is 35.0 Å². The molecule has 188 valence electrons. The Balaban J connectivity index is 1.71. The Morgan fingerprint density at radius 1 is 1.32 bits per heavy atom. The predicted octanol–water partition coefficient (Wildman–Crippen LogP) is 5.38. The normalized spacial score (nSPS) is 18.4. The number of nitrogens with one attached hydrogen (secondary N) is 2. The van der Waals surface area contributed by atoms with Crippen molar-refractivity contribution in [2.75, 3.05) is 11.9 Å². The van der Waals surface area contributed by atoms with Gasteiger partial charge in [-0.25, -0.2) is 9.78 Å². The van der Waals surface area contributed by atoms with Crippen molar-refractivity contribution in [3.05, 3.63) is 27.5 Å². The van der Waals surface area contributed by atoms with Gasteiger partial charge in [0.2, 0.25) is 0 Å². The van der Waals surface area contributed by atoms with Crippen LogP contribution in [0.2, 0.25) is 30.8 Å². The number of amides is 1. The number of pyridine rings is 1. The third-order valence-electron chi connectivity index (χ3n) is 5.47. The van der Waals surface area contributed by atoms with E-state index in [-0.39, 0.29) is 24.5 Å². The molecule has 1 amide bonds. The van der Waals surface area contributed by atoms with Gasteiger partial charge in [0.25, 0.3) is 0 Å². The first-order valence-corrected chi connectivity index (χ1v) is 15.5. The van der Waals surface area contributed by atoms with E-state index in [9.17, 15) is 14.9 Å². The number of alkyl carbamates (subject to hydrolysis) is 1. The Bertz CT molecular complexity index is 1060. The van der Waals surface area contributed by atoms with Gasteiger partial charge in [-0.2, -0.15) is 0 Å². The monoisotopic (exact) mass is 511 g/mol. The third-order valence-corrected chi connectivity index (χ3v) is 7.49. The van der Waals surface area contributed by atoms with E-state index >= 15 is 0 Å². The first-order chi connectivity index (χ1) is 15.7. The average Bonchev–Trinajstić information content (AvgIpc) is 2.96. The zero-order valence-electron chi connectivity index (χ0n) is 20.6. The van der Waals surface area contributed by atoms with Gasteiger partial charge in [-0.05, 0) is 45.7 Å². The molecule has 0 radical (unpaired) electrons. The number of rotatable bonds is 9. The topological polar surface area (TPSA) is 121 Å². The van der Waals surface area contributed by atoms with Crippen molar-refractivity contribution < 1.29 is 19.2 Å². The number of anilines is 1. The van der Waals surface area contributed by atoms with Crippen LogP contribution in [0.1, 0.15) is 33.6 Å². The largest absolute Gasteiger partial charge is 0.444 e. The van der Waals surface area contributed by atoms with Crippen molar-refractivity contribution in [3.63, 3.8) is 0 Å². The number of carbonyl (C=O) groups is 1. The number of nitrogens with zero attached hydrogens (tertiary/aromatic N) is 3. The van der Waals surface area contributed by atoms with Crippen molar-refractivity contribution in [2.45, 2.75) is 83.7 Å². The summed E-state index contributed by atoms with van der Waals surface area (Å²) in [4.78, 5) is 27.5. The summed E-state index contributed by atoms with van der Waals surface area (Å²) in [6, 6.07) is 2.60. The molecule has 0 saturated heterocycles. The van der Waals surface area contributed by atoms with Gasteiger partial charge in [0, 0.05) is 26.8 Å². The van der Waals surface area contributed by atoms with E-state index in [4.69, 9.17) is 21.1 Å². The third kappa shape index (κ3) is 6.83. The maximum absolute atomic E-state index is 12.0. The Labute approximate surface area is 205 Å². The van der Waals surface area contributed by atoms with Gasteiger partial charge in [-0.3, -0.25) is 14.7 Å². The molecule has 0 bridgehead atoms. The van der Waals surface area contributed by atoms with Gasteiger partial charge >= 0.3 is 11.8 Å². The molecule has 0 aliphatic heterocycles. The van der Waals surface area contributed by atoms with Crippen molar-refractivity contribution in [1.82, 2.24) is 14.9 Å². The van der Waals surface area contributed by atoms with Crippen molar-refractivity contribution in [1.29, 1.82) is 0 Å². The van der Waals surface area contributed by atoms with Crippen LogP contribution < -0.4 is 10.6 Å². The number of aromatic nitrogens is 2. The molecule has 12 heteroatoms. The van der Waals surface area contributed by atoms with E-state index in [1.165, 1.54) is 6.20 Å². The lowest BCUT2D eigenvalue weighted by Crippen LogP contribution is -2.50. The van der Waals surface area contributed by atoms with Crippen LogP contribution in [0.15, 0.2) is 12.3 Å². The second-order valence-electron chi connectivity index (χ2n) is 10.9. The van der Waals surface area contributed by atoms with Crippen molar-refractivity contribution in [3.8, 4) is 0 Å². The number of ether oxygens (including phenoxy) is 2. The second kappa shape index (κ2) is 10.1. The highest BCUT2D eigenvalue weighted by atomic mass is 35.5. The standard InChI is InChI=1S/C22H34ClN5O5Si/c1-22(2,3)33-21(29)26-15-9-14(10-15)25-19-16-11-18(23)27(13-32-7-8-34(4,5)6)20(16)24-12-17(19)28(30)31/h11-12,14-15H,7-10,13H2,1-6H3,(H,24,25)(H,26,29). The molecule has 0 unspecified atom stereocenters. The molecule has 2 N–H and O–H groups in total. The van der Waals surface area contributed by atoms with E-state index in [1.807, 2.05) is 0 Å².